The van der Waals surface area contributed by atoms with Crippen LogP contribution in [0.4, 0.5) is 20.2 Å². The highest BCUT2D eigenvalue weighted by Gasteiger charge is 2.24. The van der Waals surface area contributed by atoms with E-state index in [-0.39, 0.29) is 5.91 Å². The van der Waals surface area contributed by atoms with E-state index < -0.39 is 11.6 Å². The van der Waals surface area contributed by atoms with Gasteiger partial charge in [0.2, 0.25) is 5.91 Å². The third kappa shape index (κ3) is 5.10. The highest BCUT2D eigenvalue weighted by atomic mass is 19.1. The number of amides is 1. The Morgan fingerprint density at radius 3 is 2.42 bits per heavy atom. The maximum Gasteiger partial charge on any atom is 0.227 e. The number of para-hydroxylation sites is 2. The first kappa shape index (κ1) is 21.0. The van der Waals surface area contributed by atoms with Crippen molar-refractivity contribution in [1.29, 1.82) is 0 Å². The van der Waals surface area contributed by atoms with Crippen molar-refractivity contribution in [2.45, 2.75) is 32.2 Å². The molecule has 0 aliphatic carbocycles. The van der Waals surface area contributed by atoms with Gasteiger partial charge in [-0.1, -0.05) is 42.5 Å². The van der Waals surface area contributed by atoms with Crippen LogP contribution in [0.3, 0.4) is 0 Å². The van der Waals surface area contributed by atoms with E-state index in [1.807, 2.05) is 41.3 Å². The summed E-state index contributed by atoms with van der Waals surface area (Å²) in [6.45, 7) is 2.30. The Hall–Kier alpha value is -3.21. The molecule has 1 amide bonds. The lowest BCUT2D eigenvalue weighted by molar-refractivity contribution is -0.118. The van der Waals surface area contributed by atoms with E-state index in [0.717, 1.165) is 43.0 Å². The third-order valence-electron chi connectivity index (χ3n) is 5.68. The molecular formula is C26H26F2N2O. The van der Waals surface area contributed by atoms with Gasteiger partial charge < -0.3 is 9.80 Å². The molecule has 0 N–H and O–H groups in total. The van der Waals surface area contributed by atoms with Gasteiger partial charge in [0.15, 0.2) is 0 Å². The number of halogens is 2. The Morgan fingerprint density at radius 2 is 1.61 bits per heavy atom. The van der Waals surface area contributed by atoms with E-state index in [2.05, 4.69) is 23.1 Å². The molecule has 0 bridgehead atoms. The molecule has 0 unspecified atom stereocenters. The zero-order valence-corrected chi connectivity index (χ0v) is 17.4. The minimum absolute atomic E-state index is 0.0193. The summed E-state index contributed by atoms with van der Waals surface area (Å²) in [6.07, 6.45) is 1.98. The smallest absolute Gasteiger partial charge is 0.227 e. The van der Waals surface area contributed by atoms with Crippen LogP contribution in [0.15, 0.2) is 72.8 Å². The summed E-state index contributed by atoms with van der Waals surface area (Å²) in [5.41, 5.74) is 3.51. The van der Waals surface area contributed by atoms with Crippen molar-refractivity contribution in [3.05, 3.63) is 95.6 Å². The number of rotatable bonds is 6. The molecule has 0 atom stereocenters. The Balaban J connectivity index is 1.46. The normalized spacial score (nSPS) is 13.6. The van der Waals surface area contributed by atoms with Gasteiger partial charge in [-0.2, -0.15) is 0 Å². The number of fused-ring (bicyclic) bond motifs is 1. The number of carbonyl (C=O) groups excluding carboxylic acids is 1. The SMILES string of the molecule is O=C(CCCc1cc(F)ccc1F)N1CCCN(Cc2ccccc2)c2ccccc21. The number of benzene rings is 3. The van der Waals surface area contributed by atoms with Crippen molar-refractivity contribution in [2.24, 2.45) is 0 Å². The number of carbonyl (C=O) groups is 1. The molecule has 4 rings (SSSR count). The van der Waals surface area contributed by atoms with Crippen LogP contribution in [-0.2, 0) is 17.8 Å². The van der Waals surface area contributed by atoms with Crippen LogP contribution in [0.25, 0.3) is 0 Å². The van der Waals surface area contributed by atoms with Gasteiger partial charge in [0.25, 0.3) is 0 Å². The van der Waals surface area contributed by atoms with Gasteiger partial charge in [-0.15, -0.1) is 0 Å². The van der Waals surface area contributed by atoms with Gasteiger partial charge in [-0.3, -0.25) is 4.79 Å². The lowest BCUT2D eigenvalue weighted by atomic mass is 10.1. The zero-order valence-electron chi connectivity index (χ0n) is 17.4. The second kappa shape index (κ2) is 9.73. The van der Waals surface area contributed by atoms with E-state index in [9.17, 15) is 13.6 Å². The molecule has 0 spiro atoms. The molecule has 3 aromatic rings. The van der Waals surface area contributed by atoms with E-state index in [1.54, 1.807) is 0 Å². The average molecular weight is 421 g/mol. The van der Waals surface area contributed by atoms with Crippen LogP contribution < -0.4 is 9.80 Å². The van der Waals surface area contributed by atoms with E-state index in [0.29, 0.717) is 31.4 Å². The molecule has 1 heterocycles. The van der Waals surface area contributed by atoms with Crippen molar-refractivity contribution >= 4 is 17.3 Å². The van der Waals surface area contributed by atoms with Crippen LogP contribution in [0.2, 0.25) is 0 Å². The minimum Gasteiger partial charge on any atom is -0.365 e. The first-order chi connectivity index (χ1) is 15.1. The molecular weight excluding hydrogens is 394 g/mol. The first-order valence-electron chi connectivity index (χ1n) is 10.7. The zero-order chi connectivity index (χ0) is 21.6. The summed E-state index contributed by atoms with van der Waals surface area (Å²) in [5.74, 6) is -0.862. The second-order valence-electron chi connectivity index (χ2n) is 7.88. The number of anilines is 2. The molecule has 0 radical (unpaired) electrons. The molecule has 1 aliphatic rings. The molecule has 3 nitrogen and oxygen atoms in total. The highest BCUT2D eigenvalue weighted by molar-refractivity contribution is 5.97. The van der Waals surface area contributed by atoms with Crippen molar-refractivity contribution in [3.8, 4) is 0 Å². The average Bonchev–Trinajstić information content (AvgIpc) is 2.96. The van der Waals surface area contributed by atoms with Gasteiger partial charge in [0.1, 0.15) is 11.6 Å². The van der Waals surface area contributed by atoms with Gasteiger partial charge in [0, 0.05) is 26.1 Å². The molecule has 160 valence electrons. The monoisotopic (exact) mass is 420 g/mol. The molecule has 31 heavy (non-hydrogen) atoms. The molecule has 3 aromatic carbocycles. The fourth-order valence-electron chi connectivity index (χ4n) is 4.15. The van der Waals surface area contributed by atoms with Crippen LogP contribution in [-0.4, -0.2) is 19.0 Å². The molecule has 0 aromatic heterocycles. The van der Waals surface area contributed by atoms with Crippen LogP contribution in [0, 0.1) is 11.6 Å². The fraction of sp³-hybridized carbons (Fsp3) is 0.269. The summed E-state index contributed by atoms with van der Waals surface area (Å²) in [4.78, 5) is 17.2. The van der Waals surface area contributed by atoms with Crippen LogP contribution in [0.1, 0.15) is 30.4 Å². The molecule has 1 aliphatic heterocycles. The molecule has 5 heteroatoms. The molecule has 0 saturated heterocycles. The Bertz CT molecular complexity index is 1040. The van der Waals surface area contributed by atoms with Gasteiger partial charge in [-0.05, 0) is 60.7 Å². The van der Waals surface area contributed by atoms with Crippen LogP contribution >= 0.6 is 0 Å². The standard InChI is InChI=1S/C26H26F2N2O/c27-22-14-15-23(28)21(18-22)10-6-13-26(31)30-17-7-16-29(19-20-8-2-1-3-9-20)24-11-4-5-12-25(24)30/h1-5,8-9,11-12,14-15,18H,6-7,10,13,16-17,19H2. The highest BCUT2D eigenvalue weighted by Crippen LogP contribution is 2.33. The minimum atomic E-state index is -0.456. The summed E-state index contributed by atoms with van der Waals surface area (Å²) >= 11 is 0. The van der Waals surface area contributed by atoms with Crippen molar-refractivity contribution in [1.82, 2.24) is 0 Å². The first-order valence-corrected chi connectivity index (χ1v) is 10.7. The maximum absolute atomic E-state index is 13.9. The summed E-state index contributed by atoms with van der Waals surface area (Å²) in [6, 6.07) is 21.8. The maximum atomic E-state index is 13.9. The Kier molecular flexibility index (Phi) is 6.60. The van der Waals surface area contributed by atoms with Gasteiger partial charge in [-0.25, -0.2) is 8.78 Å². The van der Waals surface area contributed by atoms with E-state index >= 15 is 0 Å². The fourth-order valence-corrected chi connectivity index (χ4v) is 4.15. The topological polar surface area (TPSA) is 23.6 Å². The summed E-state index contributed by atoms with van der Waals surface area (Å²) in [7, 11) is 0. The predicted molar refractivity (Wildman–Crippen MR) is 120 cm³/mol. The number of aryl methyl sites for hydroxylation is 1. The van der Waals surface area contributed by atoms with Crippen molar-refractivity contribution < 1.29 is 13.6 Å². The van der Waals surface area contributed by atoms with E-state index in [1.165, 1.54) is 11.6 Å². The predicted octanol–water partition coefficient (Wildman–Crippen LogP) is 5.73. The largest absolute Gasteiger partial charge is 0.365 e. The number of hydrogen-bond acceptors (Lipinski definition) is 2. The van der Waals surface area contributed by atoms with Gasteiger partial charge in [0.05, 0.1) is 11.4 Å². The quantitative estimate of drug-likeness (QED) is 0.508. The van der Waals surface area contributed by atoms with Gasteiger partial charge >= 0.3 is 0 Å². The number of hydrogen-bond donors (Lipinski definition) is 0. The lowest BCUT2D eigenvalue weighted by Gasteiger charge is -2.27. The van der Waals surface area contributed by atoms with E-state index in [4.69, 9.17) is 0 Å². The Morgan fingerprint density at radius 1 is 0.871 bits per heavy atom. The lowest BCUT2D eigenvalue weighted by Crippen LogP contribution is -2.31. The molecule has 0 saturated carbocycles. The van der Waals surface area contributed by atoms with Crippen molar-refractivity contribution in [2.75, 3.05) is 22.9 Å². The number of nitrogens with zero attached hydrogens (tertiary/aromatic N) is 2. The van der Waals surface area contributed by atoms with Crippen LogP contribution in [0.5, 0.6) is 0 Å². The molecule has 0 fully saturated rings. The summed E-state index contributed by atoms with van der Waals surface area (Å²) < 4.78 is 27.2. The third-order valence-corrected chi connectivity index (χ3v) is 5.68. The summed E-state index contributed by atoms with van der Waals surface area (Å²) in [5, 5.41) is 0. The second-order valence-corrected chi connectivity index (χ2v) is 7.88. The van der Waals surface area contributed by atoms with Crippen molar-refractivity contribution in [3.63, 3.8) is 0 Å². The Labute approximate surface area is 181 Å².